The minimum Gasteiger partial charge on any atom is -0.377 e. The van der Waals surface area contributed by atoms with Crippen LogP contribution in [0.4, 0.5) is 21.0 Å². The zero-order valence-electron chi connectivity index (χ0n) is 35.8. The van der Waals surface area contributed by atoms with E-state index in [1.807, 2.05) is 96.4 Å². The van der Waals surface area contributed by atoms with Gasteiger partial charge in [0, 0.05) is 48.7 Å². The van der Waals surface area contributed by atoms with E-state index in [1.165, 1.54) is 11.1 Å². The molecule has 0 atom stereocenters. The van der Waals surface area contributed by atoms with E-state index in [-0.39, 0.29) is 36.0 Å². The van der Waals surface area contributed by atoms with Crippen LogP contribution in [-0.2, 0) is 15.9 Å². The molecule has 0 unspecified atom stereocenters. The third-order valence-corrected chi connectivity index (χ3v) is 12.3. The molecule has 0 spiro atoms. The fourth-order valence-corrected chi connectivity index (χ4v) is 8.21. The number of carbonyl (C=O) groups excluding carboxylic acids is 4. The minimum atomic E-state index is -0.288. The number of piperidine rings is 2. The van der Waals surface area contributed by atoms with E-state index in [0.717, 1.165) is 43.2 Å². The molecule has 0 aromatic heterocycles. The number of anilines is 2. The first kappa shape index (κ1) is 44.3. The third-order valence-electron chi connectivity index (χ3n) is 12.3. The van der Waals surface area contributed by atoms with Crippen molar-refractivity contribution in [3.63, 3.8) is 0 Å². The maximum atomic E-state index is 13.1. The number of rotatable bonds is 9. The van der Waals surface area contributed by atoms with Crippen LogP contribution in [0.25, 0.3) is 0 Å². The van der Waals surface area contributed by atoms with Gasteiger partial charge in [-0.25, -0.2) is 9.59 Å². The van der Waals surface area contributed by atoms with Crippen LogP contribution in [0.3, 0.4) is 0 Å². The summed E-state index contributed by atoms with van der Waals surface area (Å²) >= 11 is 0. The molecule has 14 nitrogen and oxygen atoms in total. The second-order valence-corrected chi connectivity index (χ2v) is 16.5. The lowest BCUT2D eigenvalue weighted by Gasteiger charge is -2.32. The number of nitrogens with one attached hydrogen (secondary N) is 4. The monoisotopic (exact) mass is 850 g/mol. The quantitative estimate of drug-likeness (QED) is 0.138. The van der Waals surface area contributed by atoms with E-state index in [1.54, 1.807) is 12.1 Å². The summed E-state index contributed by atoms with van der Waals surface area (Å²) in [5.74, 6) is 0.757. The molecule has 4 aromatic carbocycles. The van der Waals surface area contributed by atoms with Gasteiger partial charge in [0.15, 0.2) is 0 Å². The van der Waals surface area contributed by atoms with Crippen LogP contribution in [0.2, 0.25) is 0 Å². The van der Waals surface area contributed by atoms with Gasteiger partial charge in [-0.1, -0.05) is 43.3 Å². The average molecular weight is 851 g/mol. The number of ether oxygens (including phenoxy) is 2. The maximum absolute atomic E-state index is 13.1. The van der Waals surface area contributed by atoms with E-state index in [0.29, 0.717) is 98.1 Å². The number of nitriles is 2. The van der Waals surface area contributed by atoms with Gasteiger partial charge in [-0.3, -0.25) is 9.59 Å². The van der Waals surface area contributed by atoms with E-state index < -0.39 is 0 Å². The van der Waals surface area contributed by atoms with Crippen LogP contribution in [0.1, 0.15) is 98.5 Å². The molecule has 14 heteroatoms. The van der Waals surface area contributed by atoms with Crippen molar-refractivity contribution in [1.82, 2.24) is 20.4 Å². The predicted octanol–water partition coefficient (Wildman–Crippen LogP) is 7.07. The Morgan fingerprint density at radius 2 is 1.02 bits per heavy atom. The Morgan fingerprint density at radius 1 is 0.603 bits per heavy atom. The van der Waals surface area contributed by atoms with Crippen molar-refractivity contribution < 1.29 is 28.7 Å². The molecule has 4 fully saturated rings. The molecule has 4 aliphatic heterocycles. The van der Waals surface area contributed by atoms with E-state index in [9.17, 15) is 19.2 Å². The summed E-state index contributed by atoms with van der Waals surface area (Å²) in [6.07, 6.45) is 4.32. The molecule has 8 rings (SSSR count). The van der Waals surface area contributed by atoms with Crippen molar-refractivity contribution in [2.45, 2.75) is 69.9 Å². The highest BCUT2D eigenvalue weighted by Crippen LogP contribution is 2.31. The standard InChI is InChI=1S/C25H28N4O3.C24H26N4O3/c1-2-18-7-8-21(13-23(18)28-25(31)27-22-15-32-16-22)24(30)29-11-9-20(10-12-29)19-5-3-17(14-26)4-6-19;1-16-2-5-20(12-22(16)27-24(30)26-21-14-31-15-21)23(29)28-10-8-19(9-11-28)18-6-3-17(13-25)4-7-18/h3-8,13,20,22H,2,9-12,15-16H2,1H3,(H2,27,28,31);2-7,12,19,21H,8-11,14-15H2,1H3,(H2,26,27,30). The molecular formula is C49H54N8O6. The Hall–Kier alpha value is -6.74. The Labute approximate surface area is 368 Å². The Kier molecular flexibility index (Phi) is 14.7. The highest BCUT2D eigenvalue weighted by atomic mass is 16.5. The van der Waals surface area contributed by atoms with Crippen LogP contribution >= 0.6 is 0 Å². The van der Waals surface area contributed by atoms with Gasteiger partial charge in [0.2, 0.25) is 0 Å². The lowest BCUT2D eigenvalue weighted by Crippen LogP contribution is -2.50. The van der Waals surface area contributed by atoms with Crippen molar-refractivity contribution in [3.05, 3.63) is 129 Å². The topological polar surface area (TPSA) is 189 Å². The van der Waals surface area contributed by atoms with E-state index in [4.69, 9.17) is 20.0 Å². The summed E-state index contributed by atoms with van der Waals surface area (Å²) in [6, 6.07) is 30.2. The van der Waals surface area contributed by atoms with Gasteiger partial charge < -0.3 is 40.5 Å². The number of urea groups is 2. The van der Waals surface area contributed by atoms with Gasteiger partial charge in [-0.15, -0.1) is 0 Å². The molecule has 4 N–H and O–H groups in total. The molecule has 4 saturated heterocycles. The number of aryl methyl sites for hydroxylation is 2. The Bertz CT molecular complexity index is 2350. The van der Waals surface area contributed by atoms with Gasteiger partial charge in [0.05, 0.1) is 61.8 Å². The zero-order valence-corrected chi connectivity index (χ0v) is 35.8. The fraction of sp³-hybridized carbons (Fsp3) is 0.388. The number of benzene rings is 4. The van der Waals surface area contributed by atoms with Gasteiger partial charge in [-0.05, 0) is 122 Å². The van der Waals surface area contributed by atoms with Gasteiger partial charge in [0.25, 0.3) is 11.8 Å². The molecule has 326 valence electrons. The first-order valence-electron chi connectivity index (χ1n) is 21.7. The smallest absolute Gasteiger partial charge is 0.319 e. The van der Waals surface area contributed by atoms with Crippen LogP contribution in [-0.4, -0.2) is 98.4 Å². The first-order valence-corrected chi connectivity index (χ1v) is 21.7. The molecular weight excluding hydrogens is 797 g/mol. The highest BCUT2D eigenvalue weighted by Gasteiger charge is 2.28. The maximum Gasteiger partial charge on any atom is 0.319 e. The second-order valence-electron chi connectivity index (χ2n) is 16.5. The molecule has 4 aliphatic rings. The van der Waals surface area contributed by atoms with Crippen molar-refractivity contribution in [1.29, 1.82) is 10.5 Å². The van der Waals surface area contributed by atoms with Crippen molar-refractivity contribution in [3.8, 4) is 12.1 Å². The van der Waals surface area contributed by atoms with Gasteiger partial charge >= 0.3 is 12.1 Å². The summed E-state index contributed by atoms with van der Waals surface area (Å²) in [4.78, 5) is 54.4. The molecule has 4 aromatic rings. The van der Waals surface area contributed by atoms with E-state index in [2.05, 4.69) is 33.4 Å². The van der Waals surface area contributed by atoms with Crippen molar-refractivity contribution in [2.75, 3.05) is 63.2 Å². The largest absolute Gasteiger partial charge is 0.377 e. The second kappa shape index (κ2) is 20.9. The van der Waals surface area contributed by atoms with E-state index >= 15 is 0 Å². The molecule has 6 amide bonds. The van der Waals surface area contributed by atoms with Crippen LogP contribution < -0.4 is 21.3 Å². The zero-order chi connectivity index (χ0) is 44.3. The summed E-state index contributed by atoms with van der Waals surface area (Å²) in [5, 5.41) is 29.4. The Morgan fingerprint density at radius 3 is 1.41 bits per heavy atom. The van der Waals surface area contributed by atoms with Gasteiger partial charge in [-0.2, -0.15) is 10.5 Å². The number of hydrogen-bond donors (Lipinski definition) is 4. The number of amides is 6. The fourth-order valence-electron chi connectivity index (χ4n) is 8.21. The minimum absolute atomic E-state index is 0.0122. The van der Waals surface area contributed by atoms with Crippen LogP contribution in [0.5, 0.6) is 0 Å². The van der Waals surface area contributed by atoms with Crippen LogP contribution in [0, 0.1) is 29.6 Å². The van der Waals surface area contributed by atoms with Crippen LogP contribution in [0.15, 0.2) is 84.9 Å². The number of nitrogens with zero attached hydrogens (tertiary/aromatic N) is 4. The first-order chi connectivity index (χ1) is 30.6. The summed E-state index contributed by atoms with van der Waals surface area (Å²) in [7, 11) is 0. The predicted molar refractivity (Wildman–Crippen MR) is 239 cm³/mol. The summed E-state index contributed by atoms with van der Waals surface area (Å²) in [6.45, 7) is 8.79. The third kappa shape index (κ3) is 11.4. The molecule has 63 heavy (non-hydrogen) atoms. The summed E-state index contributed by atoms with van der Waals surface area (Å²) in [5.41, 5.74) is 8.11. The molecule has 0 bridgehead atoms. The molecule has 4 heterocycles. The number of likely N-dealkylation sites (tertiary alicyclic amines) is 2. The highest BCUT2D eigenvalue weighted by molar-refractivity contribution is 5.98. The Balaban J connectivity index is 0.000000189. The summed E-state index contributed by atoms with van der Waals surface area (Å²) < 4.78 is 10.2. The lowest BCUT2D eigenvalue weighted by molar-refractivity contribution is 0.000732. The lowest BCUT2D eigenvalue weighted by atomic mass is 9.89. The van der Waals surface area contributed by atoms with Crippen molar-refractivity contribution in [2.24, 2.45) is 0 Å². The number of carbonyl (C=O) groups is 4. The SMILES string of the molecule is CCc1ccc(C(=O)N2CCC(c3ccc(C#N)cc3)CC2)cc1NC(=O)NC1COC1.Cc1ccc(C(=O)N2CCC(c3ccc(C#N)cc3)CC2)cc1NC(=O)NC1COC1. The molecule has 0 aliphatic carbocycles. The van der Waals surface area contributed by atoms with Gasteiger partial charge in [0.1, 0.15) is 0 Å². The molecule has 0 saturated carbocycles. The average Bonchev–Trinajstić information content (AvgIpc) is 3.29. The normalized spacial score (nSPS) is 16.8. The number of hydrogen-bond acceptors (Lipinski definition) is 8. The molecule has 0 radical (unpaired) electrons. The van der Waals surface area contributed by atoms with Crippen molar-refractivity contribution >= 4 is 35.3 Å².